The summed E-state index contributed by atoms with van der Waals surface area (Å²) in [6, 6.07) is 14.3. The second-order valence-corrected chi connectivity index (χ2v) is 10.6. The molecule has 2 aromatic carbocycles. The summed E-state index contributed by atoms with van der Waals surface area (Å²) in [6.07, 6.45) is 4.11. The van der Waals surface area contributed by atoms with E-state index in [9.17, 15) is 9.18 Å². The van der Waals surface area contributed by atoms with Crippen molar-refractivity contribution < 1.29 is 18.7 Å². The molecule has 0 fully saturated rings. The van der Waals surface area contributed by atoms with Gasteiger partial charge < -0.3 is 14.5 Å². The van der Waals surface area contributed by atoms with Crippen LogP contribution in [0.15, 0.2) is 60.9 Å². The fraction of sp³-hybridized carbons (Fsp3) is 0.300. The molecular weight excluding hydrogens is 497 g/mol. The van der Waals surface area contributed by atoms with Crippen LogP contribution >= 0.6 is 0 Å². The van der Waals surface area contributed by atoms with E-state index in [1.807, 2.05) is 51.1 Å². The highest BCUT2D eigenvalue weighted by Gasteiger charge is 2.19. The molecule has 0 saturated carbocycles. The first-order chi connectivity index (χ1) is 18.7. The standard InChI is InChI=1S/C30H32FN5O3/c1-30(2,3)39-29(37)34-22-8-5-19(6-9-22)17-36-13-11-20(12-14-36)25-16-24-27(32-18-33-28(24)35-25)23-15-21(31)7-10-26(23)38-4/h5-11,15-16,18H,12-14,17H2,1-4H3,(H,34,37)(H,32,33,35). The van der Waals surface area contributed by atoms with Crippen LogP contribution in [0.2, 0.25) is 0 Å². The summed E-state index contributed by atoms with van der Waals surface area (Å²) >= 11 is 0. The highest BCUT2D eigenvalue weighted by Crippen LogP contribution is 2.35. The summed E-state index contributed by atoms with van der Waals surface area (Å²) in [5.41, 5.74) is 5.43. The van der Waals surface area contributed by atoms with Gasteiger partial charge in [-0.3, -0.25) is 10.2 Å². The maximum Gasteiger partial charge on any atom is 0.412 e. The zero-order chi connectivity index (χ0) is 27.6. The molecule has 4 aromatic rings. The number of amides is 1. The zero-order valence-electron chi connectivity index (χ0n) is 22.5. The molecule has 1 amide bonds. The van der Waals surface area contributed by atoms with Gasteiger partial charge in [0.2, 0.25) is 0 Å². The second kappa shape index (κ2) is 10.9. The third-order valence-electron chi connectivity index (χ3n) is 6.49. The number of carbonyl (C=O) groups is 1. The Bertz CT molecular complexity index is 1520. The number of rotatable bonds is 6. The minimum atomic E-state index is -0.540. The van der Waals surface area contributed by atoms with Crippen molar-refractivity contribution in [1.29, 1.82) is 0 Å². The van der Waals surface area contributed by atoms with Crippen LogP contribution in [0.25, 0.3) is 27.9 Å². The van der Waals surface area contributed by atoms with E-state index in [4.69, 9.17) is 9.47 Å². The van der Waals surface area contributed by atoms with E-state index >= 15 is 0 Å². The average Bonchev–Trinajstić information content (AvgIpc) is 3.34. The van der Waals surface area contributed by atoms with Gasteiger partial charge in [0, 0.05) is 42.0 Å². The van der Waals surface area contributed by atoms with Gasteiger partial charge in [0.05, 0.1) is 12.8 Å². The smallest absolute Gasteiger partial charge is 0.412 e. The van der Waals surface area contributed by atoms with Crippen LogP contribution in [0, 0.1) is 5.82 Å². The third kappa shape index (κ3) is 6.26. The van der Waals surface area contributed by atoms with Crippen molar-refractivity contribution in [2.24, 2.45) is 0 Å². The lowest BCUT2D eigenvalue weighted by atomic mass is 10.0. The third-order valence-corrected chi connectivity index (χ3v) is 6.49. The van der Waals surface area contributed by atoms with Gasteiger partial charge >= 0.3 is 6.09 Å². The largest absolute Gasteiger partial charge is 0.496 e. The number of anilines is 1. The van der Waals surface area contributed by atoms with Gasteiger partial charge in [-0.25, -0.2) is 19.2 Å². The van der Waals surface area contributed by atoms with E-state index < -0.39 is 11.7 Å². The van der Waals surface area contributed by atoms with E-state index in [0.717, 1.165) is 42.7 Å². The molecule has 0 bridgehead atoms. The monoisotopic (exact) mass is 529 g/mol. The maximum absolute atomic E-state index is 14.0. The molecule has 0 spiro atoms. The number of fused-ring (bicyclic) bond motifs is 1. The molecule has 5 rings (SSSR count). The van der Waals surface area contributed by atoms with Crippen molar-refractivity contribution in [2.75, 3.05) is 25.5 Å². The van der Waals surface area contributed by atoms with Crippen molar-refractivity contribution in [3.63, 3.8) is 0 Å². The van der Waals surface area contributed by atoms with Crippen molar-refractivity contribution >= 4 is 28.4 Å². The Hall–Kier alpha value is -4.24. The molecule has 0 unspecified atom stereocenters. The predicted molar refractivity (Wildman–Crippen MR) is 150 cm³/mol. The van der Waals surface area contributed by atoms with Gasteiger partial charge in [0.1, 0.15) is 29.1 Å². The fourth-order valence-electron chi connectivity index (χ4n) is 4.67. The van der Waals surface area contributed by atoms with Crippen molar-refractivity contribution in [2.45, 2.75) is 39.3 Å². The summed E-state index contributed by atoms with van der Waals surface area (Å²) in [6.45, 7) is 8.01. The molecule has 1 aliphatic rings. The number of carbonyl (C=O) groups excluding carboxylic acids is 1. The number of methoxy groups -OCH3 is 1. The summed E-state index contributed by atoms with van der Waals surface area (Å²) < 4.78 is 24.8. The molecule has 202 valence electrons. The molecule has 39 heavy (non-hydrogen) atoms. The quantitative estimate of drug-likeness (QED) is 0.300. The lowest BCUT2D eigenvalue weighted by molar-refractivity contribution is 0.0636. The van der Waals surface area contributed by atoms with E-state index in [0.29, 0.717) is 28.3 Å². The highest BCUT2D eigenvalue weighted by atomic mass is 19.1. The lowest BCUT2D eigenvalue weighted by Crippen LogP contribution is -2.28. The Labute approximate surface area is 226 Å². The molecule has 8 nitrogen and oxygen atoms in total. The van der Waals surface area contributed by atoms with Crippen LogP contribution < -0.4 is 10.1 Å². The second-order valence-electron chi connectivity index (χ2n) is 10.6. The number of nitrogens with one attached hydrogen (secondary N) is 2. The number of benzene rings is 2. The minimum absolute atomic E-state index is 0.350. The molecule has 2 N–H and O–H groups in total. The van der Waals surface area contributed by atoms with Gasteiger partial charge in [0.25, 0.3) is 0 Å². The number of H-pyrrole nitrogens is 1. The van der Waals surface area contributed by atoms with E-state index in [2.05, 4.69) is 31.2 Å². The Kier molecular flexibility index (Phi) is 7.34. The van der Waals surface area contributed by atoms with E-state index in [1.54, 1.807) is 13.2 Å². The first-order valence-electron chi connectivity index (χ1n) is 12.9. The number of hydrogen-bond acceptors (Lipinski definition) is 6. The molecular formula is C30H32FN5O3. The SMILES string of the molecule is COc1ccc(F)cc1-c1ncnc2[nH]c(C3=CCN(Cc4ccc(NC(=O)OC(C)(C)C)cc4)CC3)cc12. The summed E-state index contributed by atoms with van der Waals surface area (Å²) in [7, 11) is 1.56. The number of hydrogen-bond donors (Lipinski definition) is 2. The Morgan fingerprint density at radius 2 is 1.92 bits per heavy atom. The van der Waals surface area contributed by atoms with Crippen LogP contribution in [0.1, 0.15) is 38.4 Å². The molecule has 2 aromatic heterocycles. The van der Waals surface area contributed by atoms with Crippen LogP contribution in [0.4, 0.5) is 14.9 Å². The molecule has 0 saturated heterocycles. The van der Waals surface area contributed by atoms with Crippen molar-refractivity contribution in [1.82, 2.24) is 19.9 Å². The highest BCUT2D eigenvalue weighted by molar-refractivity contribution is 5.94. The Morgan fingerprint density at radius 1 is 1.13 bits per heavy atom. The number of ether oxygens (including phenoxy) is 2. The molecule has 1 aliphatic heterocycles. The summed E-state index contributed by atoms with van der Waals surface area (Å²) in [5.74, 6) is 0.206. The molecule has 9 heteroatoms. The first-order valence-corrected chi connectivity index (χ1v) is 12.9. The summed E-state index contributed by atoms with van der Waals surface area (Å²) in [4.78, 5) is 26.6. The van der Waals surface area contributed by atoms with Crippen LogP contribution in [0.3, 0.4) is 0 Å². The normalized spacial score (nSPS) is 14.2. The lowest BCUT2D eigenvalue weighted by Gasteiger charge is -2.26. The van der Waals surface area contributed by atoms with Gasteiger partial charge in [-0.2, -0.15) is 0 Å². The average molecular weight is 530 g/mol. The number of halogens is 1. The minimum Gasteiger partial charge on any atom is -0.496 e. The van der Waals surface area contributed by atoms with Gasteiger partial charge in [0.15, 0.2) is 0 Å². The number of aromatic nitrogens is 3. The topological polar surface area (TPSA) is 92.4 Å². The summed E-state index contributed by atoms with van der Waals surface area (Å²) in [5, 5.41) is 3.58. The van der Waals surface area contributed by atoms with Gasteiger partial charge in [-0.15, -0.1) is 0 Å². The zero-order valence-corrected chi connectivity index (χ0v) is 22.5. The van der Waals surface area contributed by atoms with Crippen LogP contribution in [-0.4, -0.2) is 51.7 Å². The Morgan fingerprint density at radius 3 is 2.62 bits per heavy atom. The van der Waals surface area contributed by atoms with E-state index in [1.165, 1.54) is 24.0 Å². The Balaban J connectivity index is 1.26. The fourth-order valence-corrected chi connectivity index (χ4v) is 4.67. The predicted octanol–water partition coefficient (Wildman–Crippen LogP) is 6.41. The van der Waals surface area contributed by atoms with Gasteiger partial charge in [-0.05, 0) is 74.7 Å². The van der Waals surface area contributed by atoms with Crippen LogP contribution in [-0.2, 0) is 11.3 Å². The van der Waals surface area contributed by atoms with Crippen molar-refractivity contribution in [3.05, 3.63) is 78.0 Å². The molecule has 0 atom stereocenters. The van der Waals surface area contributed by atoms with Crippen LogP contribution in [0.5, 0.6) is 5.75 Å². The number of nitrogens with zero attached hydrogens (tertiary/aromatic N) is 3. The molecule has 0 radical (unpaired) electrons. The van der Waals surface area contributed by atoms with Gasteiger partial charge in [-0.1, -0.05) is 18.2 Å². The van der Waals surface area contributed by atoms with Crippen molar-refractivity contribution in [3.8, 4) is 17.0 Å². The number of aromatic amines is 1. The van der Waals surface area contributed by atoms with E-state index in [-0.39, 0.29) is 5.82 Å². The maximum atomic E-state index is 14.0. The molecule has 3 heterocycles. The first kappa shape index (κ1) is 26.4. The molecule has 0 aliphatic carbocycles.